The van der Waals surface area contributed by atoms with Crippen LogP contribution in [0.4, 0.5) is 0 Å². The SMILES string of the molecule is NC(=O)C1CCC2C(C1)NC(C1=NCCC=C1)C2C1CCCC1. The first-order chi connectivity index (χ1) is 11.2. The highest BCUT2D eigenvalue weighted by Gasteiger charge is 2.50. The van der Waals surface area contributed by atoms with E-state index in [0.717, 1.165) is 38.1 Å². The first kappa shape index (κ1) is 15.4. The second-order valence-electron chi connectivity index (χ2n) is 7.95. The first-order valence-electron chi connectivity index (χ1n) is 9.50. The summed E-state index contributed by atoms with van der Waals surface area (Å²) in [7, 11) is 0. The van der Waals surface area contributed by atoms with Gasteiger partial charge in [-0.3, -0.25) is 9.79 Å². The summed E-state index contributed by atoms with van der Waals surface area (Å²) in [6.07, 6.45) is 14.2. The van der Waals surface area contributed by atoms with Gasteiger partial charge in [0.25, 0.3) is 0 Å². The lowest BCUT2D eigenvalue weighted by atomic mass is 9.69. The standard InChI is InChI=1S/C19H29N3O/c20-19(23)13-8-9-14-16(11-13)22-18(15-7-3-4-10-21-15)17(14)12-5-1-2-6-12/h3,7,12-14,16-18,22H,1-2,4-6,8-11H2,(H2,20,23). The number of fused-ring (bicyclic) bond motifs is 1. The molecule has 4 aliphatic rings. The molecule has 5 atom stereocenters. The van der Waals surface area contributed by atoms with Crippen LogP contribution in [0.2, 0.25) is 0 Å². The molecule has 1 saturated heterocycles. The summed E-state index contributed by atoms with van der Waals surface area (Å²) < 4.78 is 0. The van der Waals surface area contributed by atoms with E-state index in [2.05, 4.69) is 17.5 Å². The van der Waals surface area contributed by atoms with Gasteiger partial charge in [0.05, 0.1) is 11.8 Å². The van der Waals surface area contributed by atoms with Crippen molar-refractivity contribution in [3.63, 3.8) is 0 Å². The quantitative estimate of drug-likeness (QED) is 0.840. The van der Waals surface area contributed by atoms with Gasteiger partial charge in [-0.25, -0.2) is 0 Å². The Morgan fingerprint density at radius 2 is 2.04 bits per heavy atom. The molecule has 0 aromatic carbocycles. The fraction of sp³-hybridized carbons (Fsp3) is 0.789. The molecule has 0 radical (unpaired) electrons. The highest BCUT2D eigenvalue weighted by molar-refractivity contribution is 6.00. The number of rotatable bonds is 3. The van der Waals surface area contributed by atoms with Crippen molar-refractivity contribution in [1.29, 1.82) is 0 Å². The zero-order valence-corrected chi connectivity index (χ0v) is 13.9. The van der Waals surface area contributed by atoms with E-state index < -0.39 is 0 Å². The highest BCUT2D eigenvalue weighted by Crippen LogP contribution is 2.47. The van der Waals surface area contributed by atoms with Crippen molar-refractivity contribution < 1.29 is 4.79 Å². The van der Waals surface area contributed by atoms with Gasteiger partial charge in [0, 0.05) is 18.5 Å². The zero-order chi connectivity index (χ0) is 15.8. The van der Waals surface area contributed by atoms with Crippen LogP contribution in [0.1, 0.15) is 51.4 Å². The van der Waals surface area contributed by atoms with Crippen molar-refractivity contribution in [3.05, 3.63) is 12.2 Å². The Hall–Kier alpha value is -1.16. The summed E-state index contributed by atoms with van der Waals surface area (Å²) in [6.45, 7) is 0.931. The minimum absolute atomic E-state index is 0.0653. The number of nitrogens with two attached hydrogens (primary N) is 1. The van der Waals surface area contributed by atoms with Gasteiger partial charge in [-0.05, 0) is 49.5 Å². The van der Waals surface area contributed by atoms with E-state index in [0.29, 0.717) is 23.9 Å². The minimum Gasteiger partial charge on any atom is -0.369 e. The number of aliphatic imine (C=N–C) groups is 1. The maximum Gasteiger partial charge on any atom is 0.220 e. The molecule has 4 nitrogen and oxygen atoms in total. The molecule has 126 valence electrons. The van der Waals surface area contributed by atoms with Crippen LogP contribution in [-0.4, -0.2) is 30.2 Å². The normalized spacial score (nSPS) is 40.9. The fourth-order valence-electron chi connectivity index (χ4n) is 5.67. The molecule has 5 unspecified atom stereocenters. The fourth-order valence-corrected chi connectivity index (χ4v) is 5.67. The molecule has 2 saturated carbocycles. The molecule has 4 heteroatoms. The molecule has 0 aromatic rings. The molecule has 23 heavy (non-hydrogen) atoms. The predicted octanol–water partition coefficient (Wildman–Crippen LogP) is 2.44. The number of primary amides is 1. The number of hydrogen-bond donors (Lipinski definition) is 2. The molecule has 3 fully saturated rings. The molecule has 1 amide bonds. The van der Waals surface area contributed by atoms with Crippen molar-refractivity contribution in [2.45, 2.75) is 63.5 Å². The van der Waals surface area contributed by atoms with Crippen molar-refractivity contribution >= 4 is 11.6 Å². The smallest absolute Gasteiger partial charge is 0.220 e. The van der Waals surface area contributed by atoms with Crippen LogP contribution in [0.15, 0.2) is 17.1 Å². The molecular formula is C19H29N3O. The number of dihydropyridines is 1. The predicted molar refractivity (Wildman–Crippen MR) is 92.2 cm³/mol. The highest BCUT2D eigenvalue weighted by atomic mass is 16.1. The Balaban J connectivity index is 1.58. The lowest BCUT2D eigenvalue weighted by Crippen LogP contribution is -2.41. The number of hydrogen-bond acceptors (Lipinski definition) is 3. The van der Waals surface area contributed by atoms with E-state index in [1.165, 1.54) is 31.4 Å². The number of carbonyl (C=O) groups excluding carboxylic acids is 1. The topological polar surface area (TPSA) is 67.5 Å². The maximum atomic E-state index is 11.6. The molecule has 2 aliphatic heterocycles. The third kappa shape index (κ3) is 2.86. The van der Waals surface area contributed by atoms with Crippen molar-refractivity contribution in [1.82, 2.24) is 5.32 Å². The van der Waals surface area contributed by atoms with Gasteiger partial charge in [0.15, 0.2) is 0 Å². The van der Waals surface area contributed by atoms with E-state index in [9.17, 15) is 4.79 Å². The molecule has 0 bridgehead atoms. The first-order valence-corrected chi connectivity index (χ1v) is 9.50. The molecule has 0 aromatic heterocycles. The van der Waals surface area contributed by atoms with Crippen LogP contribution in [0.3, 0.4) is 0 Å². The summed E-state index contributed by atoms with van der Waals surface area (Å²) in [5, 5.41) is 3.88. The Morgan fingerprint density at radius 1 is 1.22 bits per heavy atom. The van der Waals surface area contributed by atoms with E-state index in [4.69, 9.17) is 10.7 Å². The van der Waals surface area contributed by atoms with Gasteiger partial charge >= 0.3 is 0 Å². The van der Waals surface area contributed by atoms with E-state index in [-0.39, 0.29) is 11.8 Å². The van der Waals surface area contributed by atoms with Crippen LogP contribution in [-0.2, 0) is 4.79 Å². The second-order valence-corrected chi connectivity index (χ2v) is 7.95. The van der Waals surface area contributed by atoms with Crippen molar-refractivity contribution in [3.8, 4) is 0 Å². The molecule has 3 N–H and O–H groups in total. The molecular weight excluding hydrogens is 286 g/mol. The molecule has 4 rings (SSSR count). The van der Waals surface area contributed by atoms with Gasteiger partial charge in [-0.1, -0.05) is 31.8 Å². The van der Waals surface area contributed by atoms with Crippen LogP contribution in [0, 0.1) is 23.7 Å². The van der Waals surface area contributed by atoms with Crippen LogP contribution in [0.5, 0.6) is 0 Å². The lowest BCUT2D eigenvalue weighted by Gasteiger charge is -2.35. The number of carbonyl (C=O) groups is 1. The van der Waals surface area contributed by atoms with E-state index in [1.54, 1.807) is 0 Å². The zero-order valence-electron chi connectivity index (χ0n) is 13.9. The number of nitrogens with one attached hydrogen (secondary N) is 1. The third-order valence-corrected chi connectivity index (χ3v) is 6.72. The molecule has 2 aliphatic carbocycles. The number of nitrogens with zero attached hydrogens (tertiary/aromatic N) is 1. The van der Waals surface area contributed by atoms with Gasteiger partial charge < -0.3 is 11.1 Å². The molecule has 0 spiro atoms. The summed E-state index contributed by atoms with van der Waals surface area (Å²) in [6, 6.07) is 0.853. The van der Waals surface area contributed by atoms with Crippen LogP contribution < -0.4 is 11.1 Å². The van der Waals surface area contributed by atoms with Gasteiger partial charge in [-0.2, -0.15) is 0 Å². The molecule has 2 heterocycles. The summed E-state index contributed by atoms with van der Waals surface area (Å²) in [5.74, 6) is 2.21. The van der Waals surface area contributed by atoms with E-state index in [1.807, 2.05) is 0 Å². The average molecular weight is 315 g/mol. The lowest BCUT2D eigenvalue weighted by molar-refractivity contribution is -0.123. The van der Waals surface area contributed by atoms with Crippen LogP contribution in [0.25, 0.3) is 0 Å². The average Bonchev–Trinajstić information content (AvgIpc) is 3.21. The second kappa shape index (κ2) is 6.39. The van der Waals surface area contributed by atoms with Crippen molar-refractivity contribution in [2.75, 3.05) is 6.54 Å². The van der Waals surface area contributed by atoms with Gasteiger partial charge in [-0.15, -0.1) is 0 Å². The maximum absolute atomic E-state index is 11.6. The Kier molecular flexibility index (Phi) is 4.27. The summed E-state index contributed by atoms with van der Waals surface area (Å²) >= 11 is 0. The Morgan fingerprint density at radius 3 is 2.74 bits per heavy atom. The minimum atomic E-state index is -0.110. The van der Waals surface area contributed by atoms with Crippen LogP contribution >= 0.6 is 0 Å². The van der Waals surface area contributed by atoms with E-state index >= 15 is 0 Å². The van der Waals surface area contributed by atoms with Gasteiger partial charge in [0.2, 0.25) is 5.91 Å². The largest absolute Gasteiger partial charge is 0.369 e. The summed E-state index contributed by atoms with van der Waals surface area (Å²) in [5.41, 5.74) is 6.84. The monoisotopic (exact) mass is 315 g/mol. The Bertz CT molecular complexity index is 521. The Labute approximate surface area is 139 Å². The van der Waals surface area contributed by atoms with Gasteiger partial charge in [0.1, 0.15) is 0 Å². The van der Waals surface area contributed by atoms with Crippen molar-refractivity contribution in [2.24, 2.45) is 34.4 Å². The summed E-state index contributed by atoms with van der Waals surface area (Å²) in [4.78, 5) is 16.4. The third-order valence-electron chi connectivity index (χ3n) is 6.72. The number of amides is 1.